The first-order chi connectivity index (χ1) is 20.6. The lowest BCUT2D eigenvalue weighted by atomic mass is 10.0. The maximum Gasteiger partial charge on any atom is 0.416 e. The third kappa shape index (κ3) is 8.00. The monoisotopic (exact) mass is 589 g/mol. The number of rotatable bonds is 7. The van der Waals surface area contributed by atoms with Crippen molar-refractivity contribution in [1.29, 1.82) is 0 Å². The molecule has 2 N–H and O–H groups in total. The number of amides is 2. The summed E-state index contributed by atoms with van der Waals surface area (Å²) in [6, 6.07) is 12.4. The molecule has 2 fully saturated rings. The lowest BCUT2D eigenvalue weighted by Crippen LogP contribution is -2.45. The van der Waals surface area contributed by atoms with E-state index >= 15 is 0 Å². The molecular formula is C33H34F3N5O2. The summed E-state index contributed by atoms with van der Waals surface area (Å²) < 4.78 is 42.0. The van der Waals surface area contributed by atoms with Gasteiger partial charge in [-0.25, -0.2) is 4.98 Å². The van der Waals surface area contributed by atoms with Crippen LogP contribution in [0.1, 0.15) is 57.9 Å². The molecule has 1 aliphatic heterocycles. The van der Waals surface area contributed by atoms with Gasteiger partial charge in [0.2, 0.25) is 5.91 Å². The Morgan fingerprint density at radius 2 is 1.70 bits per heavy atom. The van der Waals surface area contributed by atoms with Crippen LogP contribution in [0.2, 0.25) is 0 Å². The molecule has 5 rings (SSSR count). The van der Waals surface area contributed by atoms with Crippen molar-refractivity contribution in [3.63, 3.8) is 0 Å². The van der Waals surface area contributed by atoms with Crippen molar-refractivity contribution in [3.05, 3.63) is 88.1 Å². The zero-order chi connectivity index (χ0) is 30.6. The summed E-state index contributed by atoms with van der Waals surface area (Å²) in [6.07, 6.45) is -1.17. The molecule has 2 heterocycles. The Morgan fingerprint density at radius 1 is 0.953 bits per heavy atom. The summed E-state index contributed by atoms with van der Waals surface area (Å²) in [7, 11) is 0. The number of likely N-dealkylation sites (N-methyl/N-ethyl adjacent to an activating group) is 1. The molecule has 2 aliphatic rings. The van der Waals surface area contributed by atoms with Gasteiger partial charge in [-0.05, 0) is 73.8 Å². The number of benzene rings is 2. The summed E-state index contributed by atoms with van der Waals surface area (Å²) in [5, 5.41) is 5.40. The van der Waals surface area contributed by atoms with Crippen molar-refractivity contribution in [3.8, 4) is 11.8 Å². The minimum atomic E-state index is -4.55. The average Bonchev–Trinajstić information content (AvgIpc) is 3.84. The highest BCUT2D eigenvalue weighted by atomic mass is 19.4. The van der Waals surface area contributed by atoms with Gasteiger partial charge >= 0.3 is 6.18 Å². The van der Waals surface area contributed by atoms with E-state index in [0.29, 0.717) is 30.0 Å². The van der Waals surface area contributed by atoms with Crippen LogP contribution in [-0.2, 0) is 17.5 Å². The first-order valence-corrected chi connectivity index (χ1v) is 14.4. The van der Waals surface area contributed by atoms with Gasteiger partial charge in [0.15, 0.2) is 0 Å². The minimum Gasteiger partial charge on any atom is -0.322 e. The first kappa shape index (κ1) is 30.3. The number of aromatic nitrogens is 1. The molecule has 43 heavy (non-hydrogen) atoms. The maximum atomic E-state index is 14.0. The SMILES string of the molecule is CCN1CCN(Cc2ccc(NC(=O)c3ccc(C)c(C#Cc4ccc(NC(=O)C5CC5)nc4)c3)cc2C(F)(F)F)CC1. The number of alkyl halides is 3. The predicted molar refractivity (Wildman–Crippen MR) is 160 cm³/mol. The van der Waals surface area contributed by atoms with Crippen LogP contribution in [0.15, 0.2) is 54.7 Å². The van der Waals surface area contributed by atoms with Crippen molar-refractivity contribution in [2.75, 3.05) is 43.4 Å². The standard InChI is InChI=1S/C33H34F3N5O2/c1-3-40-14-16-41(17-15-40)21-27-11-12-28(19-29(27)33(34,35)36)38-32(43)26-7-4-22(2)25(18-26)8-5-23-6-13-30(37-20-23)39-31(42)24-9-10-24/h4,6-7,11-13,18-20,24H,3,9-10,14-17,21H2,1-2H3,(H,38,43)(H,37,39,42). The van der Waals surface area contributed by atoms with Gasteiger partial charge in [-0.1, -0.05) is 30.9 Å². The highest BCUT2D eigenvalue weighted by Gasteiger charge is 2.34. The fourth-order valence-corrected chi connectivity index (χ4v) is 4.92. The van der Waals surface area contributed by atoms with E-state index in [1.807, 2.05) is 11.8 Å². The zero-order valence-corrected chi connectivity index (χ0v) is 24.2. The molecule has 0 unspecified atom stereocenters. The molecule has 1 saturated heterocycles. The Kier molecular flexibility index (Phi) is 9.14. The number of halogens is 3. The third-order valence-electron chi connectivity index (χ3n) is 7.78. The number of carbonyl (C=O) groups is 2. The third-order valence-corrected chi connectivity index (χ3v) is 7.78. The number of hydrogen-bond donors (Lipinski definition) is 2. The molecule has 224 valence electrons. The second-order valence-corrected chi connectivity index (χ2v) is 11.0. The van der Waals surface area contributed by atoms with Gasteiger partial charge < -0.3 is 15.5 Å². The van der Waals surface area contributed by atoms with E-state index in [4.69, 9.17) is 0 Å². The van der Waals surface area contributed by atoms with E-state index in [1.54, 1.807) is 36.5 Å². The topological polar surface area (TPSA) is 77.6 Å². The first-order valence-electron chi connectivity index (χ1n) is 14.4. The van der Waals surface area contributed by atoms with Gasteiger partial charge in [-0.2, -0.15) is 13.2 Å². The van der Waals surface area contributed by atoms with E-state index in [0.717, 1.165) is 44.1 Å². The molecule has 2 aromatic carbocycles. The smallest absolute Gasteiger partial charge is 0.322 e. The molecule has 0 spiro atoms. The molecule has 1 aliphatic carbocycles. The summed E-state index contributed by atoms with van der Waals surface area (Å²) in [5.41, 5.74) is 1.87. The fourth-order valence-electron chi connectivity index (χ4n) is 4.92. The van der Waals surface area contributed by atoms with E-state index in [9.17, 15) is 22.8 Å². The van der Waals surface area contributed by atoms with Gasteiger partial charge in [-0.3, -0.25) is 14.5 Å². The molecule has 7 nitrogen and oxygen atoms in total. The summed E-state index contributed by atoms with van der Waals surface area (Å²) >= 11 is 0. The number of aryl methyl sites for hydroxylation is 1. The fraction of sp³-hybridized carbons (Fsp3) is 0.364. The van der Waals surface area contributed by atoms with Gasteiger partial charge in [0.05, 0.1) is 5.56 Å². The Balaban J connectivity index is 1.27. The van der Waals surface area contributed by atoms with Crippen LogP contribution in [0, 0.1) is 24.7 Å². The number of carbonyl (C=O) groups excluding carboxylic acids is 2. The highest BCUT2D eigenvalue weighted by Crippen LogP contribution is 2.35. The summed E-state index contributed by atoms with van der Waals surface area (Å²) in [6.45, 7) is 8.15. The van der Waals surface area contributed by atoms with E-state index < -0.39 is 17.6 Å². The van der Waals surface area contributed by atoms with E-state index in [-0.39, 0.29) is 35.2 Å². The number of piperazine rings is 1. The van der Waals surface area contributed by atoms with Crippen LogP contribution in [0.25, 0.3) is 0 Å². The molecule has 0 bridgehead atoms. The zero-order valence-electron chi connectivity index (χ0n) is 24.2. The lowest BCUT2D eigenvalue weighted by molar-refractivity contribution is -0.138. The Bertz CT molecular complexity index is 1550. The minimum absolute atomic E-state index is 0.0244. The molecule has 0 atom stereocenters. The molecule has 2 amide bonds. The van der Waals surface area contributed by atoms with Crippen LogP contribution in [0.3, 0.4) is 0 Å². The molecule has 0 radical (unpaired) electrons. The number of pyridine rings is 1. The second-order valence-electron chi connectivity index (χ2n) is 11.0. The number of nitrogens with zero attached hydrogens (tertiary/aromatic N) is 3. The van der Waals surface area contributed by atoms with E-state index in [2.05, 4.69) is 39.3 Å². The van der Waals surface area contributed by atoms with Crippen molar-refractivity contribution >= 4 is 23.3 Å². The molecular weight excluding hydrogens is 555 g/mol. The van der Waals surface area contributed by atoms with Gasteiger partial charge in [0.25, 0.3) is 5.91 Å². The number of hydrogen-bond acceptors (Lipinski definition) is 5. The molecule has 1 saturated carbocycles. The van der Waals surface area contributed by atoms with E-state index in [1.165, 1.54) is 12.1 Å². The van der Waals surface area contributed by atoms with Gasteiger partial charge in [0.1, 0.15) is 5.82 Å². The highest BCUT2D eigenvalue weighted by molar-refractivity contribution is 6.04. The largest absolute Gasteiger partial charge is 0.416 e. The van der Waals surface area contributed by atoms with Crippen molar-refractivity contribution in [1.82, 2.24) is 14.8 Å². The van der Waals surface area contributed by atoms with Crippen molar-refractivity contribution in [2.45, 2.75) is 39.4 Å². The van der Waals surface area contributed by atoms with Crippen LogP contribution < -0.4 is 10.6 Å². The van der Waals surface area contributed by atoms with Crippen LogP contribution in [0.5, 0.6) is 0 Å². The maximum absolute atomic E-state index is 14.0. The Labute approximate surface area is 249 Å². The molecule has 10 heteroatoms. The summed E-state index contributed by atoms with van der Waals surface area (Å²) in [4.78, 5) is 33.5. The Morgan fingerprint density at radius 3 is 2.35 bits per heavy atom. The number of anilines is 2. The second kappa shape index (κ2) is 13.0. The van der Waals surface area contributed by atoms with Gasteiger partial charge in [0, 0.05) is 67.2 Å². The van der Waals surface area contributed by atoms with Crippen molar-refractivity contribution in [2.24, 2.45) is 5.92 Å². The summed E-state index contributed by atoms with van der Waals surface area (Å²) in [5.74, 6) is 6.05. The average molecular weight is 590 g/mol. The van der Waals surface area contributed by atoms with Crippen LogP contribution in [0.4, 0.5) is 24.7 Å². The van der Waals surface area contributed by atoms with Crippen LogP contribution in [-0.4, -0.2) is 59.3 Å². The molecule has 3 aromatic rings. The van der Waals surface area contributed by atoms with Crippen LogP contribution >= 0.6 is 0 Å². The normalized spacial score (nSPS) is 15.8. The number of nitrogens with one attached hydrogen (secondary N) is 2. The predicted octanol–water partition coefficient (Wildman–Crippen LogP) is 5.55. The Hall–Kier alpha value is -4.20. The molecule has 1 aromatic heterocycles. The quantitative estimate of drug-likeness (QED) is 0.354. The lowest BCUT2D eigenvalue weighted by Gasteiger charge is -2.34. The van der Waals surface area contributed by atoms with Gasteiger partial charge in [-0.15, -0.1) is 0 Å². The van der Waals surface area contributed by atoms with Crippen molar-refractivity contribution < 1.29 is 22.8 Å².